The average molecular weight is 766 g/mol. The van der Waals surface area contributed by atoms with E-state index in [-0.39, 0.29) is 42.8 Å². The smallest absolute Gasteiger partial charge is 0.306 e. The number of nitrogens with zero attached hydrogens (tertiary/aromatic N) is 4. The number of esters is 1. The molecule has 292 valence electrons. The molecule has 3 aliphatic heterocycles. The predicted molar refractivity (Wildman–Crippen MR) is 209 cm³/mol. The van der Waals surface area contributed by atoms with Crippen LogP contribution in [0, 0.1) is 11.6 Å². The molecule has 0 saturated carbocycles. The van der Waals surface area contributed by atoms with E-state index < -0.39 is 32.3 Å². The van der Waals surface area contributed by atoms with Gasteiger partial charge in [0.2, 0.25) is 0 Å². The summed E-state index contributed by atoms with van der Waals surface area (Å²) in [7, 11) is -1.80. The predicted octanol–water partition coefficient (Wildman–Crippen LogP) is 8.68. The zero-order valence-electron chi connectivity index (χ0n) is 32.5. The van der Waals surface area contributed by atoms with Gasteiger partial charge in [-0.15, -0.1) is 0 Å². The van der Waals surface area contributed by atoms with E-state index in [4.69, 9.17) is 4.74 Å². The normalized spacial score (nSPS) is 16.7. The van der Waals surface area contributed by atoms with Crippen molar-refractivity contribution < 1.29 is 31.5 Å². The summed E-state index contributed by atoms with van der Waals surface area (Å²) in [6.07, 6.45) is 11.7. The molecule has 0 spiro atoms. The van der Waals surface area contributed by atoms with Crippen molar-refractivity contribution in [1.82, 2.24) is 19.8 Å². The fourth-order valence-electron chi connectivity index (χ4n) is 7.42. The third-order valence-corrected chi connectivity index (χ3v) is 11.4. The van der Waals surface area contributed by atoms with Crippen LogP contribution in [0.2, 0.25) is 0 Å². The maximum absolute atomic E-state index is 15.5. The number of benzene rings is 1. The Morgan fingerprint density at radius 3 is 2.41 bits per heavy atom. The number of amides is 1. The Hall–Kier alpha value is -4.52. The molecule has 10 nitrogen and oxygen atoms in total. The minimum atomic E-state index is -3.65. The summed E-state index contributed by atoms with van der Waals surface area (Å²) < 4.78 is 61.7. The van der Waals surface area contributed by atoms with Crippen LogP contribution in [0.3, 0.4) is 0 Å². The molecule has 1 atom stereocenters. The number of pyridine rings is 1. The molecule has 5 heterocycles. The zero-order valence-corrected chi connectivity index (χ0v) is 33.3. The van der Waals surface area contributed by atoms with Crippen molar-refractivity contribution in [1.29, 1.82) is 0 Å². The molecule has 1 amide bonds. The summed E-state index contributed by atoms with van der Waals surface area (Å²) >= 11 is 0. The molecule has 0 fully saturated rings. The number of fused-ring (bicyclic) bond motifs is 3. The number of hydrogen-bond acceptors (Lipinski definition) is 8. The fraction of sp³-hybridized carbons (Fsp3) is 0.488. The fourth-order valence-corrected chi connectivity index (χ4v) is 8.61. The molecule has 0 bridgehead atoms. The molecule has 2 aromatic heterocycles. The number of hydrogen-bond donors (Lipinski definition) is 1. The molecule has 3 aromatic rings. The van der Waals surface area contributed by atoms with Gasteiger partial charge in [0.05, 0.1) is 35.1 Å². The molecular weight excluding hydrogens is 713 g/mol. The number of halogens is 2. The molecular formula is C41H53F2N5O5S. The summed E-state index contributed by atoms with van der Waals surface area (Å²) in [5.41, 5.74) is 5.12. The van der Waals surface area contributed by atoms with Crippen molar-refractivity contribution in [3.63, 3.8) is 0 Å². The van der Waals surface area contributed by atoms with Crippen LogP contribution in [0.1, 0.15) is 130 Å². The molecule has 13 heteroatoms. The van der Waals surface area contributed by atoms with Crippen molar-refractivity contribution in [3.8, 4) is 0 Å². The number of aromatic nitrogens is 2. The van der Waals surface area contributed by atoms with Gasteiger partial charge in [-0.2, -0.15) is 0 Å². The van der Waals surface area contributed by atoms with Gasteiger partial charge in [0.25, 0.3) is 5.91 Å². The van der Waals surface area contributed by atoms with Gasteiger partial charge in [-0.05, 0) is 63.3 Å². The molecule has 0 saturated heterocycles. The number of sulfone groups is 1. The molecule has 6 rings (SSSR count). The number of nitrogens with one attached hydrogen (secondary N) is 1. The van der Waals surface area contributed by atoms with E-state index >= 15 is 4.39 Å². The number of carbonyl (C=O) groups is 2. The first-order valence-corrected chi connectivity index (χ1v) is 20.8. The molecule has 1 N–H and O–H groups in total. The van der Waals surface area contributed by atoms with Gasteiger partial charge < -0.3 is 24.4 Å². The number of unbranched alkanes of at least 4 members (excludes halogenated alkanes) is 5. The number of anilines is 2. The van der Waals surface area contributed by atoms with Gasteiger partial charge in [0, 0.05) is 73.5 Å². The Morgan fingerprint density at radius 1 is 1.06 bits per heavy atom. The van der Waals surface area contributed by atoms with E-state index in [9.17, 15) is 22.4 Å². The lowest BCUT2D eigenvalue weighted by Crippen LogP contribution is -2.32. The van der Waals surface area contributed by atoms with Crippen molar-refractivity contribution in [2.75, 3.05) is 31.3 Å². The number of rotatable bonds is 11. The van der Waals surface area contributed by atoms with Crippen LogP contribution in [0.4, 0.5) is 20.3 Å². The molecule has 54 heavy (non-hydrogen) atoms. The number of ether oxygens (including phenoxy) is 1. The van der Waals surface area contributed by atoms with E-state index in [1.165, 1.54) is 6.26 Å². The summed E-state index contributed by atoms with van der Waals surface area (Å²) in [5.74, 6) is -2.28. The van der Waals surface area contributed by atoms with Crippen LogP contribution in [0.15, 0.2) is 43.4 Å². The lowest BCUT2D eigenvalue weighted by Gasteiger charge is -2.29. The number of aromatic amines is 1. The molecule has 0 aliphatic carbocycles. The van der Waals surface area contributed by atoms with E-state index in [1.807, 2.05) is 59.0 Å². The first-order chi connectivity index (χ1) is 25.5. The van der Waals surface area contributed by atoms with E-state index in [2.05, 4.69) is 16.5 Å². The Bertz CT molecular complexity index is 2050. The van der Waals surface area contributed by atoms with Crippen LogP contribution >= 0.6 is 0 Å². The summed E-state index contributed by atoms with van der Waals surface area (Å²) in [5, 5.41) is -0.939. The van der Waals surface area contributed by atoms with Crippen molar-refractivity contribution in [2.24, 2.45) is 0 Å². The van der Waals surface area contributed by atoms with Crippen molar-refractivity contribution >= 4 is 44.5 Å². The largest absolute Gasteiger partial charge is 0.460 e. The average Bonchev–Trinajstić information content (AvgIpc) is 3.40. The van der Waals surface area contributed by atoms with E-state index in [0.717, 1.165) is 78.9 Å². The summed E-state index contributed by atoms with van der Waals surface area (Å²) in [6, 6.07) is 4.21. The molecule has 3 aliphatic rings. The zero-order chi connectivity index (χ0) is 39.5. The van der Waals surface area contributed by atoms with Crippen LogP contribution in [-0.2, 0) is 25.9 Å². The first kappa shape index (κ1) is 40.7. The third-order valence-electron chi connectivity index (χ3n) is 9.91. The van der Waals surface area contributed by atoms with E-state index in [1.54, 1.807) is 21.9 Å². The lowest BCUT2D eigenvalue weighted by atomic mass is 9.89. The lowest BCUT2D eigenvalue weighted by molar-refractivity contribution is -0.154. The highest BCUT2D eigenvalue weighted by Gasteiger charge is 2.38. The standard InChI is InChI=1S/C39H47F2N5O5S.C2H6/c1-24-36-35-25(20-42-36)22-46(37-31(41)17-26(40)21-43-37)32-19-29-28(18-27(32)30(35)23-44(24)5)33(52(6,49)50)14-16-45(38(29)48)15-12-10-8-7-9-11-13-34(47)51-39(2,3)4;1-2/h17-21,23,33,42H,1,7-16,22H2,2-6H3;1-2H3. The second-order valence-electron chi connectivity index (χ2n) is 15.0. The Kier molecular flexibility index (Phi) is 12.4. The van der Waals surface area contributed by atoms with Crippen LogP contribution in [0.5, 0.6) is 0 Å². The Labute approximate surface area is 318 Å². The van der Waals surface area contributed by atoms with Crippen molar-refractivity contribution in [3.05, 3.63) is 88.5 Å². The quantitative estimate of drug-likeness (QED) is 0.152. The van der Waals surface area contributed by atoms with E-state index in [0.29, 0.717) is 29.8 Å². The second-order valence-corrected chi connectivity index (χ2v) is 17.3. The summed E-state index contributed by atoms with van der Waals surface area (Å²) in [6.45, 7) is 14.6. The maximum Gasteiger partial charge on any atom is 0.306 e. The maximum atomic E-state index is 15.5. The van der Waals surface area contributed by atoms with Crippen LogP contribution in [-0.4, -0.2) is 72.1 Å². The van der Waals surface area contributed by atoms with Gasteiger partial charge in [-0.25, -0.2) is 22.2 Å². The molecule has 0 radical (unpaired) electrons. The number of carbonyl (C=O) groups excluding carboxylic acids is 2. The van der Waals surface area contributed by atoms with Gasteiger partial charge in [0.15, 0.2) is 21.5 Å². The van der Waals surface area contributed by atoms with Gasteiger partial charge in [-0.1, -0.05) is 46.1 Å². The first-order valence-electron chi connectivity index (χ1n) is 18.8. The van der Waals surface area contributed by atoms with Gasteiger partial charge in [-0.3, -0.25) is 9.59 Å². The van der Waals surface area contributed by atoms with Crippen molar-refractivity contribution in [2.45, 2.75) is 103 Å². The topological polar surface area (TPSA) is 116 Å². The molecule has 1 aromatic carbocycles. The number of H-pyrrole nitrogens is 1. The van der Waals surface area contributed by atoms with Crippen LogP contribution in [0.25, 0.3) is 11.3 Å². The molecule has 1 unspecified atom stereocenters. The highest BCUT2D eigenvalue weighted by atomic mass is 32.2. The minimum absolute atomic E-state index is 0.118. The second kappa shape index (κ2) is 16.5. The Morgan fingerprint density at radius 2 is 1.74 bits per heavy atom. The SMILES string of the molecule is C=C1c2[nH]cc3c2C(=CN1C)c1cc2c(cc1N(c1ncc(F)cc1F)C3)C(=O)N(CCCCCCCCC(=O)OC(C)(C)C)CCC2S(C)(=O)=O.CC. The minimum Gasteiger partial charge on any atom is -0.460 e. The third kappa shape index (κ3) is 8.72. The highest BCUT2D eigenvalue weighted by Crippen LogP contribution is 2.49. The highest BCUT2D eigenvalue weighted by molar-refractivity contribution is 7.90. The monoisotopic (exact) mass is 765 g/mol. The Balaban J connectivity index is 0.00000276. The van der Waals surface area contributed by atoms with Crippen LogP contribution < -0.4 is 4.90 Å². The van der Waals surface area contributed by atoms with Gasteiger partial charge in [0.1, 0.15) is 11.4 Å². The summed E-state index contributed by atoms with van der Waals surface area (Å²) in [4.78, 5) is 39.0. The van der Waals surface area contributed by atoms with Gasteiger partial charge >= 0.3 is 5.97 Å².